The van der Waals surface area contributed by atoms with Crippen molar-refractivity contribution < 1.29 is 19.2 Å². The van der Waals surface area contributed by atoms with Crippen molar-refractivity contribution in [2.24, 2.45) is 17.8 Å². The Bertz CT molecular complexity index is 691. The quantitative estimate of drug-likeness (QED) is 0.567. The number of fused-ring (bicyclic) bond motifs is 2. The topological polar surface area (TPSA) is 90.7 Å². The summed E-state index contributed by atoms with van der Waals surface area (Å²) in [5, 5.41) is 14.2. The Morgan fingerprint density at radius 1 is 1.23 bits per heavy atom. The van der Waals surface area contributed by atoms with Gasteiger partial charge in [0.25, 0.3) is 5.69 Å². The predicted molar refractivity (Wildman–Crippen MR) is 96.5 cm³/mol. The summed E-state index contributed by atoms with van der Waals surface area (Å²) in [6, 6.07) is 2.98. The van der Waals surface area contributed by atoms with Gasteiger partial charge in [-0.1, -0.05) is 6.42 Å². The molecule has 0 aliphatic heterocycles. The Kier molecular flexibility index (Phi) is 5.64. The van der Waals surface area contributed by atoms with Crippen LogP contribution in [0.4, 0.5) is 5.69 Å². The lowest BCUT2D eigenvalue weighted by Gasteiger charge is -2.20. The van der Waals surface area contributed by atoms with Crippen molar-refractivity contribution >= 4 is 11.6 Å². The summed E-state index contributed by atoms with van der Waals surface area (Å²) in [4.78, 5) is 23.1. The van der Waals surface area contributed by atoms with Crippen molar-refractivity contribution in [3.63, 3.8) is 0 Å². The van der Waals surface area contributed by atoms with Gasteiger partial charge in [0.05, 0.1) is 25.2 Å². The van der Waals surface area contributed by atoms with E-state index in [1.54, 1.807) is 6.07 Å². The first-order valence-corrected chi connectivity index (χ1v) is 9.17. The fraction of sp³-hybridized carbons (Fsp3) is 0.632. The summed E-state index contributed by atoms with van der Waals surface area (Å²) in [7, 11) is 2.93. The van der Waals surface area contributed by atoms with Crippen LogP contribution >= 0.6 is 0 Å². The first-order valence-electron chi connectivity index (χ1n) is 9.17. The predicted octanol–water partition coefficient (Wildman–Crippen LogP) is 3.10. The molecule has 0 saturated heterocycles. The van der Waals surface area contributed by atoms with E-state index >= 15 is 0 Å². The number of carbonyl (C=O) groups excluding carboxylic acids is 1. The van der Waals surface area contributed by atoms with E-state index in [-0.39, 0.29) is 11.6 Å². The Balaban J connectivity index is 1.56. The fourth-order valence-electron chi connectivity index (χ4n) is 4.55. The molecule has 0 radical (unpaired) electrons. The smallest absolute Gasteiger partial charge is 0.276 e. The van der Waals surface area contributed by atoms with Gasteiger partial charge < -0.3 is 14.8 Å². The van der Waals surface area contributed by atoms with Gasteiger partial charge in [-0.05, 0) is 49.5 Å². The highest BCUT2D eigenvalue weighted by molar-refractivity contribution is 5.76. The SMILES string of the molecule is COc1cc(CCNC(=O)C[C@H]2C[C@H]3CC[C@H]2C3)c([N+](=O)[O-])cc1OC. The highest BCUT2D eigenvalue weighted by Gasteiger charge is 2.40. The molecule has 1 aromatic rings. The minimum absolute atomic E-state index is 0.0231. The molecule has 0 unspecified atom stereocenters. The third kappa shape index (κ3) is 3.92. The van der Waals surface area contributed by atoms with E-state index in [4.69, 9.17) is 9.47 Å². The standard InChI is InChI=1S/C19H26N2O5/c1-25-17-9-14(16(21(23)24)11-18(17)26-2)5-6-20-19(22)10-15-8-12-3-4-13(15)7-12/h9,11-13,15H,3-8,10H2,1-2H3,(H,20,22)/t12-,13-,15+/m0/s1. The molecule has 142 valence electrons. The molecule has 2 saturated carbocycles. The molecule has 0 aromatic heterocycles. The summed E-state index contributed by atoms with van der Waals surface area (Å²) >= 11 is 0. The van der Waals surface area contributed by atoms with E-state index in [2.05, 4.69) is 5.32 Å². The molecular formula is C19H26N2O5. The van der Waals surface area contributed by atoms with Crippen molar-refractivity contribution in [3.05, 3.63) is 27.8 Å². The lowest BCUT2D eigenvalue weighted by Crippen LogP contribution is -2.29. The molecule has 1 N–H and O–H groups in total. The number of methoxy groups -OCH3 is 2. The monoisotopic (exact) mass is 362 g/mol. The number of nitrogens with one attached hydrogen (secondary N) is 1. The summed E-state index contributed by atoms with van der Waals surface area (Å²) in [5.74, 6) is 2.88. The molecule has 2 bridgehead atoms. The lowest BCUT2D eigenvalue weighted by atomic mass is 9.86. The minimum atomic E-state index is -0.436. The molecule has 2 aliphatic rings. The van der Waals surface area contributed by atoms with E-state index in [1.165, 1.54) is 46.0 Å². The van der Waals surface area contributed by atoms with Gasteiger partial charge in [0.15, 0.2) is 11.5 Å². The van der Waals surface area contributed by atoms with Crippen LogP contribution in [0.25, 0.3) is 0 Å². The fourth-order valence-corrected chi connectivity index (χ4v) is 4.55. The summed E-state index contributed by atoms with van der Waals surface area (Å²) in [6.07, 6.45) is 6.01. The molecule has 7 heteroatoms. The lowest BCUT2D eigenvalue weighted by molar-refractivity contribution is -0.385. The average molecular weight is 362 g/mol. The van der Waals surface area contributed by atoms with E-state index < -0.39 is 4.92 Å². The summed E-state index contributed by atoms with van der Waals surface area (Å²) in [6.45, 7) is 0.371. The number of carbonyl (C=O) groups is 1. The van der Waals surface area contributed by atoms with Crippen LogP contribution in [-0.2, 0) is 11.2 Å². The normalized spacial score (nSPS) is 23.7. The van der Waals surface area contributed by atoms with Crippen molar-refractivity contribution in [2.45, 2.75) is 38.5 Å². The first kappa shape index (κ1) is 18.5. The Morgan fingerprint density at radius 2 is 1.96 bits per heavy atom. The van der Waals surface area contributed by atoms with E-state index in [9.17, 15) is 14.9 Å². The van der Waals surface area contributed by atoms with Gasteiger partial charge in [-0.15, -0.1) is 0 Å². The number of benzene rings is 1. The van der Waals surface area contributed by atoms with E-state index in [1.807, 2.05) is 0 Å². The number of hydrogen-bond donors (Lipinski definition) is 1. The van der Waals surface area contributed by atoms with Crippen LogP contribution < -0.4 is 14.8 Å². The number of hydrogen-bond acceptors (Lipinski definition) is 5. The molecular weight excluding hydrogens is 336 g/mol. The second-order valence-electron chi connectivity index (χ2n) is 7.33. The number of nitro benzene ring substituents is 1. The molecule has 1 aromatic carbocycles. The molecule has 26 heavy (non-hydrogen) atoms. The van der Waals surface area contributed by atoms with Crippen LogP contribution in [0.5, 0.6) is 11.5 Å². The van der Waals surface area contributed by atoms with Gasteiger partial charge in [0.1, 0.15) is 0 Å². The number of nitro groups is 1. The zero-order valence-corrected chi connectivity index (χ0v) is 15.3. The van der Waals surface area contributed by atoms with Crippen molar-refractivity contribution in [3.8, 4) is 11.5 Å². The van der Waals surface area contributed by atoms with Crippen molar-refractivity contribution in [1.29, 1.82) is 0 Å². The zero-order chi connectivity index (χ0) is 18.7. The Labute approximate surface area is 153 Å². The van der Waals surface area contributed by atoms with Crippen LogP contribution in [0.2, 0.25) is 0 Å². The molecule has 0 heterocycles. The molecule has 1 amide bonds. The highest BCUT2D eigenvalue weighted by atomic mass is 16.6. The van der Waals surface area contributed by atoms with Crippen LogP contribution in [0, 0.1) is 27.9 Å². The molecule has 2 aliphatic carbocycles. The molecule has 3 rings (SSSR count). The maximum atomic E-state index is 12.2. The van der Waals surface area contributed by atoms with Crippen LogP contribution in [0.1, 0.15) is 37.7 Å². The molecule has 7 nitrogen and oxygen atoms in total. The van der Waals surface area contributed by atoms with Gasteiger partial charge in [-0.3, -0.25) is 14.9 Å². The third-order valence-electron chi connectivity index (χ3n) is 5.83. The van der Waals surface area contributed by atoms with Crippen LogP contribution in [-0.4, -0.2) is 31.6 Å². The number of nitrogens with zero attached hydrogens (tertiary/aromatic N) is 1. The van der Waals surface area contributed by atoms with Gasteiger partial charge in [0.2, 0.25) is 5.91 Å². The number of rotatable bonds is 8. The van der Waals surface area contributed by atoms with Gasteiger partial charge >= 0.3 is 0 Å². The Morgan fingerprint density at radius 3 is 2.54 bits per heavy atom. The van der Waals surface area contributed by atoms with E-state index in [0.29, 0.717) is 42.4 Å². The maximum absolute atomic E-state index is 12.2. The maximum Gasteiger partial charge on any atom is 0.276 e. The largest absolute Gasteiger partial charge is 0.493 e. The third-order valence-corrected chi connectivity index (χ3v) is 5.83. The summed E-state index contributed by atoms with van der Waals surface area (Å²) in [5.41, 5.74) is 0.498. The van der Waals surface area contributed by atoms with Gasteiger partial charge in [0, 0.05) is 18.5 Å². The zero-order valence-electron chi connectivity index (χ0n) is 15.3. The minimum Gasteiger partial charge on any atom is -0.493 e. The highest BCUT2D eigenvalue weighted by Crippen LogP contribution is 2.49. The van der Waals surface area contributed by atoms with Gasteiger partial charge in [-0.2, -0.15) is 0 Å². The molecule has 3 atom stereocenters. The van der Waals surface area contributed by atoms with Crippen molar-refractivity contribution in [2.75, 3.05) is 20.8 Å². The molecule has 2 fully saturated rings. The first-order chi connectivity index (χ1) is 12.5. The summed E-state index contributed by atoms with van der Waals surface area (Å²) < 4.78 is 10.3. The van der Waals surface area contributed by atoms with Crippen molar-refractivity contribution in [1.82, 2.24) is 5.32 Å². The van der Waals surface area contributed by atoms with Crippen LogP contribution in [0.3, 0.4) is 0 Å². The average Bonchev–Trinajstić information content (AvgIpc) is 3.23. The number of amides is 1. The van der Waals surface area contributed by atoms with E-state index in [0.717, 1.165) is 11.8 Å². The Hall–Kier alpha value is -2.31. The number of ether oxygens (including phenoxy) is 2. The van der Waals surface area contributed by atoms with Gasteiger partial charge in [-0.25, -0.2) is 0 Å². The van der Waals surface area contributed by atoms with Crippen LogP contribution in [0.15, 0.2) is 12.1 Å². The molecule has 0 spiro atoms. The second-order valence-corrected chi connectivity index (χ2v) is 7.33. The second kappa shape index (κ2) is 7.93.